The zero-order chi connectivity index (χ0) is 13.5. The number of fused-ring (bicyclic) bond motifs is 1. The van der Waals surface area contributed by atoms with Crippen LogP contribution in [0.5, 0.6) is 0 Å². The molecular weight excluding hydrogens is 320 g/mol. The molecule has 0 fully saturated rings. The van der Waals surface area contributed by atoms with Gasteiger partial charge in [0.25, 0.3) is 0 Å². The van der Waals surface area contributed by atoms with Gasteiger partial charge < -0.3 is 4.74 Å². The number of halogens is 2. The highest BCUT2D eigenvalue weighted by Crippen LogP contribution is 2.24. The van der Waals surface area contributed by atoms with Crippen molar-refractivity contribution in [2.24, 2.45) is 0 Å². The van der Waals surface area contributed by atoms with Crippen molar-refractivity contribution in [3.63, 3.8) is 0 Å². The molecule has 0 spiro atoms. The minimum atomic E-state index is -0.556. The highest BCUT2D eigenvalue weighted by molar-refractivity contribution is 9.10. The fraction of sp³-hybridized carbons (Fsp3) is 0.333. The summed E-state index contributed by atoms with van der Waals surface area (Å²) >= 11 is 9.14. The number of aromatic nitrogens is 2. The average molecular weight is 332 g/mol. The van der Waals surface area contributed by atoms with E-state index in [-0.39, 0.29) is 0 Å². The maximum absolute atomic E-state index is 12.1. The lowest BCUT2D eigenvalue weighted by Gasteiger charge is -2.19. The van der Waals surface area contributed by atoms with Gasteiger partial charge in [-0.1, -0.05) is 11.6 Å². The fourth-order valence-electron chi connectivity index (χ4n) is 1.51. The summed E-state index contributed by atoms with van der Waals surface area (Å²) in [6.45, 7) is 5.44. The van der Waals surface area contributed by atoms with Gasteiger partial charge in [0.2, 0.25) is 0 Å². The van der Waals surface area contributed by atoms with E-state index in [0.717, 1.165) is 0 Å². The quantitative estimate of drug-likeness (QED) is 0.725. The second-order valence-electron chi connectivity index (χ2n) is 4.83. The van der Waals surface area contributed by atoms with E-state index in [9.17, 15) is 4.79 Å². The van der Waals surface area contributed by atoms with Crippen molar-refractivity contribution < 1.29 is 9.53 Å². The Morgan fingerprint density at radius 2 is 2.11 bits per heavy atom. The van der Waals surface area contributed by atoms with E-state index in [1.165, 1.54) is 4.57 Å². The molecule has 0 aliphatic heterocycles. The summed E-state index contributed by atoms with van der Waals surface area (Å²) in [7, 11) is 0. The van der Waals surface area contributed by atoms with Crippen molar-refractivity contribution in [2.75, 3.05) is 0 Å². The summed E-state index contributed by atoms with van der Waals surface area (Å²) in [6.07, 6.45) is -0.473. The number of nitrogens with zero attached hydrogens (tertiary/aromatic N) is 2. The predicted octanol–water partition coefficient (Wildman–Crippen LogP) is 4.24. The monoisotopic (exact) mass is 330 g/mol. The number of rotatable bonds is 0. The first-order valence-electron chi connectivity index (χ1n) is 5.35. The first-order valence-corrected chi connectivity index (χ1v) is 6.52. The van der Waals surface area contributed by atoms with Crippen molar-refractivity contribution in [1.29, 1.82) is 0 Å². The molecule has 1 aromatic carbocycles. The summed E-state index contributed by atoms with van der Waals surface area (Å²) in [5, 5.41) is 0.573. The normalized spacial score (nSPS) is 11.8. The topological polar surface area (TPSA) is 44.1 Å². The SMILES string of the molecule is CC(C)(C)OC(=O)n1c(Br)nc2cc(Cl)ccc21. The Morgan fingerprint density at radius 3 is 2.72 bits per heavy atom. The van der Waals surface area contributed by atoms with E-state index >= 15 is 0 Å². The molecule has 96 valence electrons. The van der Waals surface area contributed by atoms with E-state index in [1.807, 2.05) is 20.8 Å². The van der Waals surface area contributed by atoms with E-state index in [4.69, 9.17) is 16.3 Å². The largest absolute Gasteiger partial charge is 0.443 e. The number of hydrogen-bond donors (Lipinski definition) is 0. The second-order valence-corrected chi connectivity index (χ2v) is 5.98. The Bertz CT molecular complexity index is 616. The van der Waals surface area contributed by atoms with Gasteiger partial charge in [0.15, 0.2) is 4.73 Å². The van der Waals surface area contributed by atoms with E-state index in [2.05, 4.69) is 20.9 Å². The van der Waals surface area contributed by atoms with Gasteiger partial charge in [0.1, 0.15) is 5.60 Å². The summed E-state index contributed by atoms with van der Waals surface area (Å²) in [5.74, 6) is 0. The van der Waals surface area contributed by atoms with Gasteiger partial charge in [-0.2, -0.15) is 0 Å². The highest BCUT2D eigenvalue weighted by Gasteiger charge is 2.22. The number of benzene rings is 1. The molecule has 0 N–H and O–H groups in total. The molecule has 4 nitrogen and oxygen atoms in total. The molecule has 1 aromatic heterocycles. The molecule has 0 aliphatic carbocycles. The first-order chi connectivity index (χ1) is 8.28. The number of carbonyl (C=O) groups is 1. The summed E-state index contributed by atoms with van der Waals surface area (Å²) in [4.78, 5) is 16.3. The lowest BCUT2D eigenvalue weighted by molar-refractivity contribution is 0.0540. The molecule has 0 saturated carbocycles. The van der Waals surface area contributed by atoms with Crippen LogP contribution in [-0.2, 0) is 4.74 Å². The Hall–Kier alpha value is -1.07. The Morgan fingerprint density at radius 1 is 1.44 bits per heavy atom. The van der Waals surface area contributed by atoms with Crippen LogP contribution in [0.2, 0.25) is 5.02 Å². The van der Waals surface area contributed by atoms with Crippen LogP contribution >= 0.6 is 27.5 Å². The summed E-state index contributed by atoms with van der Waals surface area (Å²) in [6, 6.07) is 5.14. The third-order valence-electron chi connectivity index (χ3n) is 2.15. The van der Waals surface area contributed by atoms with E-state index in [0.29, 0.717) is 20.8 Å². The Balaban J connectivity index is 2.51. The average Bonchev–Trinajstić information content (AvgIpc) is 2.50. The van der Waals surface area contributed by atoms with Crippen molar-refractivity contribution in [3.05, 3.63) is 28.0 Å². The van der Waals surface area contributed by atoms with Crippen LogP contribution in [0.4, 0.5) is 4.79 Å². The molecule has 0 radical (unpaired) electrons. The molecule has 0 unspecified atom stereocenters. The molecule has 0 amide bonds. The zero-order valence-electron chi connectivity index (χ0n) is 10.2. The van der Waals surface area contributed by atoms with Crippen molar-refractivity contribution in [2.45, 2.75) is 26.4 Å². The van der Waals surface area contributed by atoms with Crippen LogP contribution in [0.15, 0.2) is 22.9 Å². The molecule has 0 aliphatic rings. The molecule has 2 aromatic rings. The van der Waals surface area contributed by atoms with E-state index < -0.39 is 11.7 Å². The third kappa shape index (κ3) is 2.67. The third-order valence-corrected chi connectivity index (χ3v) is 2.92. The lowest BCUT2D eigenvalue weighted by atomic mass is 10.2. The van der Waals surface area contributed by atoms with E-state index in [1.54, 1.807) is 18.2 Å². The lowest BCUT2D eigenvalue weighted by Crippen LogP contribution is -2.27. The standard InChI is InChI=1S/C12H12BrClN2O2/c1-12(2,3)18-11(17)16-9-5-4-7(14)6-8(9)15-10(16)13/h4-6H,1-3H3. The van der Waals surface area contributed by atoms with Gasteiger partial charge in [0.05, 0.1) is 11.0 Å². The van der Waals surface area contributed by atoms with Crippen LogP contribution in [0.1, 0.15) is 20.8 Å². The highest BCUT2D eigenvalue weighted by atomic mass is 79.9. The fourth-order valence-corrected chi connectivity index (χ4v) is 2.20. The van der Waals surface area contributed by atoms with Crippen LogP contribution in [0.3, 0.4) is 0 Å². The minimum Gasteiger partial charge on any atom is -0.443 e. The summed E-state index contributed by atoms with van der Waals surface area (Å²) < 4.78 is 7.09. The van der Waals surface area contributed by atoms with Crippen molar-refractivity contribution in [1.82, 2.24) is 9.55 Å². The first kappa shape index (κ1) is 13.4. The molecule has 6 heteroatoms. The van der Waals surface area contributed by atoms with Crippen LogP contribution in [0, 0.1) is 0 Å². The zero-order valence-corrected chi connectivity index (χ0v) is 12.5. The maximum atomic E-state index is 12.1. The Labute approximate surface area is 118 Å². The molecule has 2 rings (SSSR count). The number of ether oxygens (including phenoxy) is 1. The molecule has 18 heavy (non-hydrogen) atoms. The number of imidazole rings is 1. The predicted molar refractivity (Wildman–Crippen MR) is 74.1 cm³/mol. The summed E-state index contributed by atoms with van der Waals surface area (Å²) in [5.41, 5.74) is 0.736. The van der Waals surface area contributed by atoms with Gasteiger partial charge in [-0.25, -0.2) is 14.3 Å². The van der Waals surface area contributed by atoms with Gasteiger partial charge in [-0.15, -0.1) is 0 Å². The van der Waals surface area contributed by atoms with Crippen molar-refractivity contribution >= 4 is 44.7 Å². The van der Waals surface area contributed by atoms with Crippen LogP contribution in [-0.4, -0.2) is 21.2 Å². The second kappa shape index (κ2) is 4.55. The van der Waals surface area contributed by atoms with Gasteiger partial charge in [0, 0.05) is 5.02 Å². The number of hydrogen-bond acceptors (Lipinski definition) is 3. The van der Waals surface area contributed by atoms with Crippen molar-refractivity contribution in [3.8, 4) is 0 Å². The maximum Gasteiger partial charge on any atom is 0.421 e. The van der Waals surface area contributed by atoms with Crippen LogP contribution in [0.25, 0.3) is 11.0 Å². The van der Waals surface area contributed by atoms with Gasteiger partial charge in [-0.05, 0) is 54.9 Å². The van der Waals surface area contributed by atoms with Crippen LogP contribution < -0.4 is 0 Å². The number of carbonyl (C=O) groups excluding carboxylic acids is 1. The molecule has 0 atom stereocenters. The Kier molecular flexibility index (Phi) is 3.38. The molecule has 0 saturated heterocycles. The molecule has 1 heterocycles. The molecule has 0 bridgehead atoms. The smallest absolute Gasteiger partial charge is 0.421 e. The molecular formula is C12H12BrClN2O2. The minimum absolute atomic E-state index is 0.397. The van der Waals surface area contributed by atoms with Gasteiger partial charge >= 0.3 is 6.09 Å². The van der Waals surface area contributed by atoms with Gasteiger partial charge in [-0.3, -0.25) is 0 Å².